The van der Waals surface area contributed by atoms with Crippen LogP contribution < -0.4 is 22.1 Å². The number of anilines is 2. The Hall–Kier alpha value is -3.46. The van der Waals surface area contributed by atoms with Crippen molar-refractivity contribution in [1.29, 1.82) is 0 Å². The number of nitrogens with one attached hydrogen (secondary N) is 1. The van der Waals surface area contributed by atoms with Crippen LogP contribution >= 0.6 is 15.9 Å². The molecule has 1 saturated carbocycles. The van der Waals surface area contributed by atoms with Crippen LogP contribution in [0, 0.1) is 5.82 Å². The van der Waals surface area contributed by atoms with Crippen molar-refractivity contribution in [3.05, 3.63) is 96.1 Å². The molecule has 32 heavy (non-hydrogen) atoms. The number of aromatic nitrogens is 3. The first-order chi connectivity index (χ1) is 15.4. The number of hydrogen-bond acceptors (Lipinski definition) is 4. The molecule has 0 spiro atoms. The van der Waals surface area contributed by atoms with Crippen LogP contribution in [0.2, 0.25) is 0 Å². The van der Waals surface area contributed by atoms with E-state index < -0.39 is 22.6 Å². The zero-order valence-electron chi connectivity index (χ0n) is 17.0. The van der Waals surface area contributed by atoms with Gasteiger partial charge in [-0.1, -0.05) is 34.1 Å². The number of aryl methyl sites for hydroxylation is 1. The molecule has 0 bridgehead atoms. The Bertz CT molecular complexity index is 1550. The third-order valence-electron chi connectivity index (χ3n) is 5.58. The standard InChI is InChI=1S/C23H18BrFN4O3/c1-27-19(30)12-18(26-17-10-7-13(24)11-16(17)25)20-21(27)28(14-5-3-2-4-6-14)23(32)29(22(20)31)15-8-9-15/h2-7,10-12,15,26H,8-9H2,1H3. The van der Waals surface area contributed by atoms with Crippen LogP contribution in [0.5, 0.6) is 0 Å². The summed E-state index contributed by atoms with van der Waals surface area (Å²) < 4.78 is 19.0. The molecule has 1 fully saturated rings. The van der Waals surface area contributed by atoms with Gasteiger partial charge in [0.1, 0.15) is 16.9 Å². The first-order valence-electron chi connectivity index (χ1n) is 10.1. The summed E-state index contributed by atoms with van der Waals surface area (Å²) >= 11 is 3.22. The Morgan fingerprint density at radius 3 is 2.38 bits per heavy atom. The van der Waals surface area contributed by atoms with Crippen LogP contribution in [0.1, 0.15) is 18.9 Å². The molecule has 5 rings (SSSR count). The highest BCUT2D eigenvalue weighted by Crippen LogP contribution is 2.33. The molecule has 2 aromatic heterocycles. The molecule has 0 radical (unpaired) electrons. The zero-order chi connectivity index (χ0) is 22.6. The fourth-order valence-electron chi connectivity index (χ4n) is 3.86. The summed E-state index contributed by atoms with van der Waals surface area (Å²) in [4.78, 5) is 39.8. The normalized spacial score (nSPS) is 13.5. The van der Waals surface area contributed by atoms with Crippen molar-refractivity contribution in [2.45, 2.75) is 18.9 Å². The maximum atomic E-state index is 14.5. The third kappa shape index (κ3) is 3.29. The Morgan fingerprint density at radius 2 is 1.72 bits per heavy atom. The smallest absolute Gasteiger partial charge is 0.337 e. The van der Waals surface area contributed by atoms with Gasteiger partial charge in [0, 0.05) is 23.6 Å². The van der Waals surface area contributed by atoms with Gasteiger partial charge in [-0.3, -0.25) is 18.7 Å². The maximum Gasteiger partial charge on any atom is 0.337 e. The van der Waals surface area contributed by atoms with Gasteiger partial charge in [-0.05, 0) is 43.2 Å². The van der Waals surface area contributed by atoms with Crippen LogP contribution in [-0.4, -0.2) is 13.7 Å². The fourth-order valence-corrected chi connectivity index (χ4v) is 4.20. The Morgan fingerprint density at radius 1 is 1.00 bits per heavy atom. The highest BCUT2D eigenvalue weighted by atomic mass is 79.9. The maximum absolute atomic E-state index is 14.5. The molecule has 0 saturated heterocycles. The Labute approximate surface area is 189 Å². The van der Waals surface area contributed by atoms with Crippen LogP contribution in [0.4, 0.5) is 15.8 Å². The Balaban J connectivity index is 1.90. The van der Waals surface area contributed by atoms with Crippen molar-refractivity contribution in [3.8, 4) is 5.69 Å². The zero-order valence-corrected chi connectivity index (χ0v) is 18.6. The van der Waals surface area contributed by atoms with E-state index in [1.165, 1.54) is 38.9 Å². The second-order valence-corrected chi connectivity index (χ2v) is 8.68. The lowest BCUT2D eigenvalue weighted by Gasteiger charge is -2.19. The summed E-state index contributed by atoms with van der Waals surface area (Å²) in [6, 6.07) is 14.3. The highest BCUT2D eigenvalue weighted by Gasteiger charge is 2.31. The van der Waals surface area contributed by atoms with Gasteiger partial charge in [0.15, 0.2) is 0 Å². The molecule has 4 aromatic rings. The van der Waals surface area contributed by atoms with Crippen molar-refractivity contribution in [2.75, 3.05) is 5.32 Å². The molecular formula is C23H18BrFN4O3. The minimum atomic E-state index is -0.549. The number of hydrogen-bond donors (Lipinski definition) is 1. The lowest BCUT2D eigenvalue weighted by Crippen LogP contribution is -2.41. The predicted octanol–water partition coefficient (Wildman–Crippen LogP) is 3.83. The van der Waals surface area contributed by atoms with Crippen LogP contribution in [0.3, 0.4) is 0 Å². The van der Waals surface area contributed by atoms with E-state index in [0.29, 0.717) is 10.2 Å². The molecule has 7 nitrogen and oxygen atoms in total. The van der Waals surface area contributed by atoms with E-state index in [1.54, 1.807) is 30.3 Å². The van der Waals surface area contributed by atoms with Gasteiger partial charge < -0.3 is 5.32 Å². The first-order valence-corrected chi connectivity index (χ1v) is 10.8. The molecule has 2 heterocycles. The first kappa shape index (κ1) is 20.4. The summed E-state index contributed by atoms with van der Waals surface area (Å²) in [7, 11) is 1.51. The minimum absolute atomic E-state index is 0.109. The van der Waals surface area contributed by atoms with Crippen LogP contribution in [0.15, 0.2) is 73.5 Å². The molecule has 0 aliphatic heterocycles. The van der Waals surface area contributed by atoms with Crippen molar-refractivity contribution in [3.63, 3.8) is 0 Å². The molecule has 162 valence electrons. The van der Waals surface area contributed by atoms with Gasteiger partial charge in [-0.25, -0.2) is 13.8 Å². The van der Waals surface area contributed by atoms with Gasteiger partial charge >= 0.3 is 5.69 Å². The molecule has 2 aromatic carbocycles. The highest BCUT2D eigenvalue weighted by molar-refractivity contribution is 9.10. The van der Waals surface area contributed by atoms with E-state index in [1.807, 2.05) is 6.07 Å². The van der Waals surface area contributed by atoms with Gasteiger partial charge in [0.2, 0.25) is 0 Å². The number of rotatable bonds is 4. The minimum Gasteiger partial charge on any atom is -0.352 e. The Kier molecular flexibility index (Phi) is 4.85. The average molecular weight is 497 g/mol. The predicted molar refractivity (Wildman–Crippen MR) is 125 cm³/mol. The summed E-state index contributed by atoms with van der Waals surface area (Å²) in [6.07, 6.45) is 1.45. The number of para-hydroxylation sites is 1. The molecule has 0 atom stereocenters. The van der Waals surface area contributed by atoms with E-state index in [4.69, 9.17) is 0 Å². The van der Waals surface area contributed by atoms with E-state index in [-0.39, 0.29) is 28.5 Å². The second-order valence-electron chi connectivity index (χ2n) is 7.76. The SMILES string of the molecule is Cn1c(=O)cc(Nc2ccc(Br)cc2F)c2c(=O)n(C3CC3)c(=O)n(-c3ccccc3)c21. The van der Waals surface area contributed by atoms with E-state index in [9.17, 15) is 18.8 Å². The number of pyridine rings is 1. The van der Waals surface area contributed by atoms with Gasteiger partial charge in [0.25, 0.3) is 11.1 Å². The van der Waals surface area contributed by atoms with Crippen molar-refractivity contribution >= 4 is 38.3 Å². The summed E-state index contributed by atoms with van der Waals surface area (Å²) in [6.45, 7) is 0. The molecule has 1 N–H and O–H groups in total. The summed E-state index contributed by atoms with van der Waals surface area (Å²) in [5.41, 5.74) is -0.515. The topological polar surface area (TPSA) is 78.0 Å². The molecule has 9 heteroatoms. The molecule has 1 aliphatic carbocycles. The quantitative estimate of drug-likeness (QED) is 0.465. The van der Waals surface area contributed by atoms with E-state index in [2.05, 4.69) is 21.2 Å². The molecule has 1 aliphatic rings. The van der Waals surface area contributed by atoms with Gasteiger partial charge in [-0.2, -0.15) is 0 Å². The lowest BCUT2D eigenvalue weighted by molar-refractivity contribution is 0.630. The van der Waals surface area contributed by atoms with Gasteiger partial charge in [-0.15, -0.1) is 0 Å². The molecule has 0 unspecified atom stereocenters. The monoisotopic (exact) mass is 496 g/mol. The molecule has 0 amide bonds. The second kappa shape index (κ2) is 7.59. The largest absolute Gasteiger partial charge is 0.352 e. The van der Waals surface area contributed by atoms with E-state index in [0.717, 1.165) is 12.8 Å². The van der Waals surface area contributed by atoms with E-state index >= 15 is 0 Å². The average Bonchev–Trinajstić information content (AvgIpc) is 3.59. The van der Waals surface area contributed by atoms with Gasteiger partial charge in [0.05, 0.1) is 17.1 Å². The van der Waals surface area contributed by atoms with Crippen molar-refractivity contribution < 1.29 is 4.39 Å². The number of halogens is 2. The summed E-state index contributed by atoms with van der Waals surface area (Å²) in [5, 5.41) is 3.04. The van der Waals surface area contributed by atoms with Crippen molar-refractivity contribution in [2.24, 2.45) is 7.05 Å². The lowest BCUT2D eigenvalue weighted by atomic mass is 10.2. The molecular weight excluding hydrogens is 479 g/mol. The van der Waals surface area contributed by atoms with Crippen LogP contribution in [0.25, 0.3) is 16.7 Å². The third-order valence-corrected chi connectivity index (χ3v) is 6.07. The van der Waals surface area contributed by atoms with Crippen LogP contribution in [-0.2, 0) is 7.05 Å². The van der Waals surface area contributed by atoms with Crippen molar-refractivity contribution in [1.82, 2.24) is 13.7 Å². The number of fused-ring (bicyclic) bond motifs is 1. The fraction of sp³-hybridized carbons (Fsp3) is 0.174. The number of benzene rings is 2. The summed E-state index contributed by atoms with van der Waals surface area (Å²) in [5.74, 6) is -0.549. The number of nitrogens with zero attached hydrogens (tertiary/aromatic N) is 3.